The molecule has 1 unspecified atom stereocenters. The molecule has 1 saturated carbocycles. The molecule has 2 saturated heterocycles. The minimum atomic E-state index is -1.35. The van der Waals surface area contributed by atoms with Crippen LogP contribution in [0.3, 0.4) is 0 Å². The quantitative estimate of drug-likeness (QED) is 0.146. The van der Waals surface area contributed by atoms with E-state index < -0.39 is 78.4 Å². The smallest absolute Gasteiger partial charge is 0.311 e. The van der Waals surface area contributed by atoms with Crippen LogP contribution >= 0.6 is 0 Å². The van der Waals surface area contributed by atoms with Gasteiger partial charge in [-0.2, -0.15) is 0 Å². The molecule has 2 heterocycles. The minimum Gasteiger partial charge on any atom is -0.460 e. The van der Waals surface area contributed by atoms with Gasteiger partial charge in [0, 0.05) is 39.0 Å². The van der Waals surface area contributed by atoms with Crippen LogP contribution in [0.15, 0.2) is 0 Å². The molecule has 17 atom stereocenters. The molecule has 3 rings (SSSR count). The molecule has 2 aliphatic heterocycles. The van der Waals surface area contributed by atoms with E-state index in [-0.39, 0.29) is 36.7 Å². The maximum atomic E-state index is 13.5. The third-order valence-corrected chi connectivity index (χ3v) is 11.3. The number of ether oxygens (including phenoxy) is 6. The van der Waals surface area contributed by atoms with Crippen molar-refractivity contribution in [1.29, 1.82) is 0 Å². The van der Waals surface area contributed by atoms with Crippen molar-refractivity contribution in [1.82, 2.24) is 4.90 Å². The summed E-state index contributed by atoms with van der Waals surface area (Å²) < 4.78 is 37.1. The minimum absolute atomic E-state index is 0.0287. The Balaban J connectivity index is 1.90. The summed E-state index contributed by atoms with van der Waals surface area (Å²) in [6, 6.07) is 0. The van der Waals surface area contributed by atoms with E-state index in [1.165, 1.54) is 7.11 Å². The molecule has 4 N–H and O–H groups in total. The number of hydrogen-bond donors (Lipinski definition) is 4. The molecule has 3 fully saturated rings. The molecule has 0 amide bonds. The van der Waals surface area contributed by atoms with Crippen molar-refractivity contribution in [2.24, 2.45) is 29.6 Å². The number of fused-ring (bicyclic) bond motifs is 1. The second-order valence-electron chi connectivity index (χ2n) is 16.5. The van der Waals surface area contributed by atoms with Gasteiger partial charge in [-0.3, -0.25) is 4.79 Å². The number of carbonyl (C=O) groups is 1. The van der Waals surface area contributed by atoms with E-state index in [0.29, 0.717) is 18.9 Å². The van der Waals surface area contributed by atoms with Gasteiger partial charge >= 0.3 is 5.97 Å². The summed E-state index contributed by atoms with van der Waals surface area (Å²) in [5.41, 5.74) is -2.29. The Hall–Kier alpha value is -0.930. The van der Waals surface area contributed by atoms with Crippen LogP contribution in [0.4, 0.5) is 0 Å². The first-order valence-electron chi connectivity index (χ1n) is 18.5. The van der Waals surface area contributed by atoms with Crippen LogP contribution < -0.4 is 0 Å². The fraction of sp³-hybridized carbons (Fsp3) is 0.973. The number of rotatable bonds is 19. The molecule has 0 bridgehead atoms. The van der Waals surface area contributed by atoms with Crippen molar-refractivity contribution in [3.8, 4) is 0 Å². The topological polar surface area (TPSA) is 157 Å². The van der Waals surface area contributed by atoms with Gasteiger partial charge in [0.15, 0.2) is 12.6 Å². The highest BCUT2D eigenvalue weighted by Gasteiger charge is 2.52. The van der Waals surface area contributed by atoms with Gasteiger partial charge in [-0.15, -0.1) is 0 Å². The van der Waals surface area contributed by atoms with E-state index in [9.17, 15) is 25.2 Å². The summed E-state index contributed by atoms with van der Waals surface area (Å²) in [5, 5.41) is 43.2. The second kappa shape index (κ2) is 17.7. The number of esters is 1. The summed E-state index contributed by atoms with van der Waals surface area (Å²) >= 11 is 0. The lowest BCUT2D eigenvalue weighted by atomic mass is 9.83. The zero-order chi connectivity index (χ0) is 37.0. The number of aliphatic hydroxyl groups excluding tert-OH is 3. The summed E-state index contributed by atoms with van der Waals surface area (Å²) in [4.78, 5) is 15.7. The molecule has 1 aliphatic carbocycles. The zero-order valence-corrected chi connectivity index (χ0v) is 32.2. The lowest BCUT2D eigenvalue weighted by Gasteiger charge is -2.46. The van der Waals surface area contributed by atoms with Crippen molar-refractivity contribution >= 4 is 5.97 Å². The van der Waals surface area contributed by atoms with Crippen LogP contribution in [-0.2, 0) is 33.2 Å². The number of aliphatic hydroxyl groups is 4. The van der Waals surface area contributed by atoms with E-state index in [2.05, 4.69) is 11.8 Å². The maximum Gasteiger partial charge on any atom is 0.311 e. The Morgan fingerprint density at radius 3 is 2.27 bits per heavy atom. The second-order valence-corrected chi connectivity index (χ2v) is 16.5. The van der Waals surface area contributed by atoms with Crippen LogP contribution in [0.25, 0.3) is 0 Å². The monoisotopic (exact) mass is 703 g/mol. The molecule has 0 spiro atoms. The lowest BCUT2D eigenvalue weighted by Crippen LogP contribution is -2.57. The summed E-state index contributed by atoms with van der Waals surface area (Å²) in [5.74, 6) is -0.434. The van der Waals surface area contributed by atoms with Gasteiger partial charge in [0.25, 0.3) is 0 Å². The third-order valence-electron chi connectivity index (χ3n) is 11.3. The molecule has 0 radical (unpaired) electrons. The Bertz CT molecular complexity index is 1030. The number of nitrogens with zero attached hydrogens (tertiary/aromatic N) is 1. The first-order valence-corrected chi connectivity index (χ1v) is 18.5. The summed E-state index contributed by atoms with van der Waals surface area (Å²) in [6.45, 7) is 19.6. The van der Waals surface area contributed by atoms with E-state index in [4.69, 9.17) is 28.4 Å². The molecular formula is C37H69NO11. The first-order chi connectivity index (χ1) is 22.7. The van der Waals surface area contributed by atoms with E-state index >= 15 is 0 Å². The number of carbonyl (C=O) groups excluding carboxylic acids is 1. The van der Waals surface area contributed by atoms with Crippen LogP contribution in [0.2, 0.25) is 0 Å². The standard InChI is InChI=1S/C37H69NO11/c1-20(18-38(11)19-21(2)24(5)39)16-36(9,43)31(49-35-29-14-28(29)13-22(3)45-35)15-30(23(4)34(42)47-26(7)25(6)40)48-32-17-37(10,44-12)33(41)27(8)46-32/h20-33,35,39-41,43H,13-19H2,1-12H3/t20-,21+,22-,23-,24+,25?,26-,27+,28+,29-,30+,31-,32+,33+,35+,36-,37-/m1/s1. The van der Waals surface area contributed by atoms with E-state index in [0.717, 1.165) is 19.4 Å². The number of methoxy groups -OCH3 is 1. The van der Waals surface area contributed by atoms with Gasteiger partial charge in [-0.05, 0) is 99.5 Å². The lowest BCUT2D eigenvalue weighted by molar-refractivity contribution is -0.299. The molecule has 0 aromatic heterocycles. The largest absolute Gasteiger partial charge is 0.460 e. The number of hydrogen-bond acceptors (Lipinski definition) is 12. The Morgan fingerprint density at radius 1 is 1.02 bits per heavy atom. The van der Waals surface area contributed by atoms with Crippen molar-refractivity contribution in [3.05, 3.63) is 0 Å². The highest BCUT2D eigenvalue weighted by Crippen LogP contribution is 2.51. The molecule has 288 valence electrons. The molecule has 3 aliphatic rings. The molecule has 12 heteroatoms. The van der Waals surface area contributed by atoms with Gasteiger partial charge in [0.1, 0.15) is 12.2 Å². The summed E-state index contributed by atoms with van der Waals surface area (Å²) in [6.07, 6.45) is -3.69. The Labute approximate surface area is 295 Å². The highest BCUT2D eigenvalue weighted by atomic mass is 16.7. The highest BCUT2D eigenvalue weighted by molar-refractivity contribution is 5.73. The fourth-order valence-corrected chi connectivity index (χ4v) is 7.51. The Kier molecular flexibility index (Phi) is 15.4. The SMILES string of the molecule is CO[C@]1(C)C[C@H](O[C@@H](C[C@@H](O[C@@H]2O[C@H](C)C[C@H]3C[C@H]32)[C@](C)(O)C[C@@H](C)CN(C)C[C@H](C)[C@H](C)O)[C@@H](C)C(=O)O[C@H](C)C(C)O)O[C@@H](C)[C@@H]1O. The van der Waals surface area contributed by atoms with Crippen LogP contribution in [0, 0.1) is 29.6 Å². The first kappa shape index (κ1) is 42.5. The van der Waals surface area contributed by atoms with E-state index in [1.54, 1.807) is 48.5 Å². The van der Waals surface area contributed by atoms with Gasteiger partial charge in [0.05, 0.1) is 53.7 Å². The zero-order valence-electron chi connectivity index (χ0n) is 32.2. The van der Waals surface area contributed by atoms with Crippen LogP contribution in [0.5, 0.6) is 0 Å². The van der Waals surface area contributed by atoms with Crippen molar-refractivity contribution in [2.75, 3.05) is 27.2 Å². The average Bonchev–Trinajstić information content (AvgIpc) is 3.77. The Morgan fingerprint density at radius 2 is 1.67 bits per heavy atom. The van der Waals surface area contributed by atoms with Crippen molar-refractivity contribution < 1.29 is 53.6 Å². The average molecular weight is 704 g/mol. The fourth-order valence-electron chi connectivity index (χ4n) is 7.51. The molecular weight excluding hydrogens is 634 g/mol. The van der Waals surface area contributed by atoms with Gasteiger partial charge in [0.2, 0.25) is 0 Å². The molecule has 12 nitrogen and oxygen atoms in total. The summed E-state index contributed by atoms with van der Waals surface area (Å²) in [7, 11) is 3.55. The van der Waals surface area contributed by atoms with Gasteiger partial charge in [-0.25, -0.2) is 0 Å². The molecule has 0 aromatic rings. The predicted molar refractivity (Wildman–Crippen MR) is 184 cm³/mol. The van der Waals surface area contributed by atoms with Crippen molar-refractivity contribution in [3.63, 3.8) is 0 Å². The van der Waals surface area contributed by atoms with Crippen LogP contribution in [-0.4, -0.2) is 131 Å². The maximum absolute atomic E-state index is 13.5. The van der Waals surface area contributed by atoms with Gasteiger partial charge < -0.3 is 53.7 Å². The van der Waals surface area contributed by atoms with Crippen LogP contribution in [0.1, 0.15) is 101 Å². The van der Waals surface area contributed by atoms with Gasteiger partial charge in [-0.1, -0.05) is 13.8 Å². The van der Waals surface area contributed by atoms with Crippen molar-refractivity contribution in [2.45, 2.75) is 174 Å². The predicted octanol–water partition coefficient (Wildman–Crippen LogP) is 3.49. The van der Waals surface area contributed by atoms with E-state index in [1.807, 2.05) is 20.9 Å². The third kappa shape index (κ3) is 11.8. The molecule has 0 aromatic carbocycles. The normalized spacial score (nSPS) is 36.4. The molecule has 49 heavy (non-hydrogen) atoms.